The quantitative estimate of drug-likeness (QED) is 0.661. The molecule has 0 aliphatic heterocycles. The minimum absolute atomic E-state index is 0.0406. The molecule has 2 heterocycles. The van der Waals surface area contributed by atoms with Gasteiger partial charge in [0.2, 0.25) is 0 Å². The summed E-state index contributed by atoms with van der Waals surface area (Å²) in [5.74, 6) is 0. The van der Waals surface area contributed by atoms with Crippen LogP contribution in [0.15, 0.2) is 14.8 Å². The van der Waals surface area contributed by atoms with Gasteiger partial charge in [-0.1, -0.05) is 13.8 Å². The highest BCUT2D eigenvalue weighted by Crippen LogP contribution is 2.44. The van der Waals surface area contributed by atoms with Crippen LogP contribution in [0.5, 0.6) is 0 Å². The van der Waals surface area contributed by atoms with E-state index in [0.29, 0.717) is 5.01 Å². The molecule has 0 spiro atoms. The third-order valence-corrected chi connectivity index (χ3v) is 8.90. The lowest BCUT2D eigenvalue weighted by Crippen LogP contribution is -2.19. The highest BCUT2D eigenvalue weighted by molar-refractivity contribution is 7.93. The Hall–Kier alpha value is -1.88. The molecule has 0 unspecified atom stereocenters. The van der Waals surface area contributed by atoms with Gasteiger partial charge in [0.25, 0.3) is 0 Å². The van der Waals surface area contributed by atoms with Crippen LogP contribution in [0.4, 0.5) is 10.5 Å². The summed E-state index contributed by atoms with van der Waals surface area (Å²) in [5.41, 5.74) is 3.71. The van der Waals surface area contributed by atoms with Crippen molar-refractivity contribution in [3.63, 3.8) is 0 Å². The van der Waals surface area contributed by atoms with Gasteiger partial charge >= 0.3 is 6.03 Å². The number of rotatable bonds is 3. The van der Waals surface area contributed by atoms with Crippen molar-refractivity contribution in [3.05, 3.63) is 33.7 Å². The highest BCUT2D eigenvalue weighted by atomic mass is 32.2. The number of nitrogens with one attached hydrogen (secondary N) is 1. The molecule has 2 aliphatic rings. The second kappa shape index (κ2) is 7.08. The Balaban J connectivity index is 1.68. The van der Waals surface area contributed by atoms with Crippen LogP contribution in [-0.4, -0.2) is 25.3 Å². The number of hydrogen-bond donors (Lipinski definition) is 3. The number of fused-ring (bicyclic) bond motifs is 2. The second-order valence-electron chi connectivity index (χ2n) is 9.11. The summed E-state index contributed by atoms with van der Waals surface area (Å²) in [4.78, 5) is 21.7. The van der Waals surface area contributed by atoms with Gasteiger partial charge in [0.15, 0.2) is 9.92 Å². The fraction of sp³-hybridized carbons (Fsp3) is 0.550. The van der Waals surface area contributed by atoms with Crippen LogP contribution >= 0.6 is 11.3 Å². The van der Waals surface area contributed by atoms with Gasteiger partial charge in [-0.05, 0) is 57.1 Å². The minimum Gasteiger partial charge on any atom is -0.383 e. The van der Waals surface area contributed by atoms with Gasteiger partial charge in [-0.2, -0.15) is 0 Å². The predicted molar refractivity (Wildman–Crippen MR) is 117 cm³/mol. The van der Waals surface area contributed by atoms with Crippen molar-refractivity contribution in [2.24, 2.45) is 9.50 Å². The van der Waals surface area contributed by atoms with Crippen molar-refractivity contribution in [3.8, 4) is 0 Å². The maximum absolute atomic E-state index is 12.9. The lowest BCUT2D eigenvalue weighted by atomic mass is 9.90. The van der Waals surface area contributed by atoms with Crippen molar-refractivity contribution in [1.82, 2.24) is 9.97 Å². The highest BCUT2D eigenvalue weighted by Gasteiger charge is 2.36. The zero-order chi connectivity index (χ0) is 21.9. The molecule has 0 saturated heterocycles. The summed E-state index contributed by atoms with van der Waals surface area (Å²) >= 11 is 0.990. The Morgan fingerprint density at radius 3 is 2.73 bits per heavy atom. The van der Waals surface area contributed by atoms with Gasteiger partial charge in [-0.3, -0.25) is 4.98 Å². The summed E-state index contributed by atoms with van der Waals surface area (Å²) in [7, 11) is -3.48. The molecule has 0 bridgehead atoms. The summed E-state index contributed by atoms with van der Waals surface area (Å²) in [6.07, 6.45) is 5.86. The number of amides is 2. The molecule has 2 aromatic heterocycles. The van der Waals surface area contributed by atoms with Gasteiger partial charge < -0.3 is 10.4 Å². The van der Waals surface area contributed by atoms with Gasteiger partial charge in [-0.15, -0.1) is 15.7 Å². The molecular formula is C20H27N5O3S2. The van der Waals surface area contributed by atoms with Crippen LogP contribution in [0, 0.1) is 0 Å². The summed E-state index contributed by atoms with van der Waals surface area (Å²) < 4.78 is 16.9. The number of aryl methyl sites for hydroxylation is 1. The van der Waals surface area contributed by atoms with Crippen LogP contribution in [0.1, 0.15) is 68.1 Å². The fourth-order valence-electron chi connectivity index (χ4n) is 4.11. The predicted octanol–water partition coefficient (Wildman–Crippen LogP) is 3.41. The third-order valence-electron chi connectivity index (χ3n) is 5.71. The van der Waals surface area contributed by atoms with E-state index in [0.717, 1.165) is 71.6 Å². The van der Waals surface area contributed by atoms with Crippen molar-refractivity contribution in [1.29, 1.82) is 0 Å². The normalized spacial score (nSPS) is 19.1. The number of carbonyl (C=O) groups excluding carboxylic acids is 1. The zero-order valence-corrected chi connectivity index (χ0v) is 19.2. The largest absolute Gasteiger partial charge is 0.383 e. The molecule has 0 saturated carbocycles. The molecule has 10 heteroatoms. The number of nitrogens with zero attached hydrogens (tertiary/aromatic N) is 3. The second-order valence-corrected chi connectivity index (χ2v) is 12.2. The number of carbonyl (C=O) groups is 1. The number of urea groups is 1. The molecule has 0 radical (unpaired) electrons. The molecule has 2 aliphatic carbocycles. The van der Waals surface area contributed by atoms with Gasteiger partial charge in [0.05, 0.1) is 17.6 Å². The van der Waals surface area contributed by atoms with E-state index in [4.69, 9.17) is 10.1 Å². The van der Waals surface area contributed by atoms with E-state index in [9.17, 15) is 14.1 Å². The van der Waals surface area contributed by atoms with Crippen LogP contribution < -0.4 is 10.5 Å². The lowest BCUT2D eigenvalue weighted by Gasteiger charge is -2.20. The van der Waals surface area contributed by atoms with Gasteiger partial charge in [0.1, 0.15) is 14.8 Å². The Kier molecular flexibility index (Phi) is 5.04. The molecule has 0 fully saturated rings. The summed E-state index contributed by atoms with van der Waals surface area (Å²) in [5, 5.41) is 19.2. The maximum Gasteiger partial charge on any atom is 0.354 e. The van der Waals surface area contributed by atoms with E-state index < -0.39 is 21.5 Å². The molecule has 8 nitrogen and oxygen atoms in total. The van der Waals surface area contributed by atoms with E-state index in [-0.39, 0.29) is 9.62 Å². The topological polar surface area (TPSA) is 131 Å². The third kappa shape index (κ3) is 3.77. The first kappa shape index (κ1) is 21.4. The van der Waals surface area contributed by atoms with Crippen molar-refractivity contribution < 1.29 is 14.1 Å². The lowest BCUT2D eigenvalue weighted by molar-refractivity contribution is 0.0783. The molecule has 1 atom stereocenters. The van der Waals surface area contributed by atoms with Gasteiger partial charge in [0, 0.05) is 11.1 Å². The van der Waals surface area contributed by atoms with Crippen LogP contribution in [0.2, 0.25) is 0 Å². The molecule has 0 aromatic carbocycles. The van der Waals surface area contributed by atoms with E-state index >= 15 is 0 Å². The number of aliphatic hydroxyl groups is 1. The zero-order valence-electron chi connectivity index (χ0n) is 17.6. The van der Waals surface area contributed by atoms with Crippen molar-refractivity contribution in [2.75, 3.05) is 5.32 Å². The van der Waals surface area contributed by atoms with Crippen molar-refractivity contribution >= 4 is 33.0 Å². The molecule has 2 aromatic rings. The first-order valence-electron chi connectivity index (χ1n) is 9.98. The smallest absolute Gasteiger partial charge is 0.354 e. The Morgan fingerprint density at radius 2 is 2.07 bits per heavy atom. The van der Waals surface area contributed by atoms with Crippen LogP contribution in [-0.2, 0) is 40.2 Å². The minimum atomic E-state index is -3.48. The molecule has 162 valence electrons. The van der Waals surface area contributed by atoms with E-state index in [1.807, 2.05) is 0 Å². The first-order valence-corrected chi connectivity index (χ1v) is 12.4. The van der Waals surface area contributed by atoms with Gasteiger partial charge in [-0.25, -0.2) is 19.1 Å². The number of nitrogens with two attached hydrogens (primary N) is 1. The fourth-order valence-corrected chi connectivity index (χ4v) is 6.17. The van der Waals surface area contributed by atoms with Crippen molar-refractivity contribution in [2.45, 2.75) is 75.0 Å². The summed E-state index contributed by atoms with van der Waals surface area (Å²) in [6.45, 7) is 7.48. The number of thiazole rings is 1. The van der Waals surface area contributed by atoms with E-state index in [2.05, 4.69) is 28.5 Å². The number of anilines is 1. The number of pyridine rings is 1. The molecule has 4 N–H and O–H groups in total. The standard InChI is InChI=1S/C20H27N5O3S2/c1-19(2)9-8-12-15(11-6-5-7-13(11)23-16(12)19)24-18(26)25-30(21,28)14-10-22-17(29-14)20(3,4)27/h10,27H,5-9H2,1-4H3,(H3,21,23,24,25,26,28)/t30-/m1/s1. The monoisotopic (exact) mass is 449 g/mol. The maximum atomic E-state index is 12.9. The van der Waals surface area contributed by atoms with Crippen LogP contribution in [0.3, 0.4) is 0 Å². The molecule has 30 heavy (non-hydrogen) atoms. The average molecular weight is 450 g/mol. The Labute approximate surface area is 180 Å². The molecule has 2 amide bonds. The number of aromatic nitrogens is 2. The molecular weight excluding hydrogens is 422 g/mol. The summed E-state index contributed by atoms with van der Waals surface area (Å²) in [6, 6.07) is -0.743. The number of hydrogen-bond acceptors (Lipinski definition) is 6. The molecule has 4 rings (SSSR count). The first-order chi connectivity index (χ1) is 13.9. The SMILES string of the molecule is CC(C)(O)c1ncc([S@](N)(=O)=NC(=O)Nc2c3c(nc4c2CCC4(C)C)CCC3)s1. The average Bonchev–Trinajstić information content (AvgIpc) is 3.33. The van der Waals surface area contributed by atoms with Crippen LogP contribution in [0.25, 0.3) is 0 Å². The Bertz CT molecular complexity index is 1150. The Morgan fingerprint density at radius 1 is 1.33 bits per heavy atom. The van der Waals surface area contributed by atoms with E-state index in [1.165, 1.54) is 6.20 Å². The van der Waals surface area contributed by atoms with E-state index in [1.54, 1.807) is 13.8 Å².